The molecule has 0 aromatic heterocycles. The van der Waals surface area contributed by atoms with Gasteiger partial charge in [0, 0.05) is 12.1 Å². The number of hydrogen-bond donors (Lipinski definition) is 2. The molecule has 0 heterocycles. The summed E-state index contributed by atoms with van der Waals surface area (Å²) in [5.74, 6) is 2.02. The predicted octanol–water partition coefficient (Wildman–Crippen LogP) is 3.68. The van der Waals surface area contributed by atoms with E-state index in [-0.39, 0.29) is 12.0 Å². The van der Waals surface area contributed by atoms with Crippen molar-refractivity contribution in [3.8, 4) is 0 Å². The molecule has 2 bridgehead atoms. The van der Waals surface area contributed by atoms with Crippen LogP contribution in [-0.4, -0.2) is 23.2 Å². The van der Waals surface area contributed by atoms with E-state index in [1.54, 1.807) is 0 Å². The topological polar surface area (TPSA) is 49.3 Å². The molecular formula is C18H31NO2. The van der Waals surface area contributed by atoms with E-state index in [0.29, 0.717) is 17.9 Å². The van der Waals surface area contributed by atoms with E-state index in [9.17, 15) is 9.90 Å². The molecule has 3 heteroatoms. The molecule has 0 amide bonds. The van der Waals surface area contributed by atoms with Crippen molar-refractivity contribution in [3.05, 3.63) is 0 Å². The molecule has 6 atom stereocenters. The van der Waals surface area contributed by atoms with Crippen LogP contribution in [0.4, 0.5) is 0 Å². The first kappa shape index (κ1) is 15.3. The van der Waals surface area contributed by atoms with Gasteiger partial charge in [0.25, 0.3) is 0 Å². The summed E-state index contributed by atoms with van der Waals surface area (Å²) in [6.07, 6.45) is 10.1. The van der Waals surface area contributed by atoms with E-state index in [1.807, 2.05) is 0 Å². The van der Waals surface area contributed by atoms with Crippen LogP contribution in [-0.2, 0) is 4.79 Å². The van der Waals surface area contributed by atoms with Crippen LogP contribution in [0.1, 0.15) is 65.2 Å². The number of nitrogens with one attached hydrogen (secondary N) is 1. The molecule has 0 saturated heterocycles. The molecule has 3 nitrogen and oxygen atoms in total. The van der Waals surface area contributed by atoms with E-state index in [2.05, 4.69) is 19.2 Å². The summed E-state index contributed by atoms with van der Waals surface area (Å²) < 4.78 is 0. The Kier molecular flexibility index (Phi) is 4.58. The normalized spacial score (nSPS) is 42.6. The Bertz CT molecular complexity index is 381. The molecule has 0 radical (unpaired) electrons. The fourth-order valence-corrected chi connectivity index (χ4v) is 5.48. The Morgan fingerprint density at radius 3 is 2.62 bits per heavy atom. The number of carboxylic acids is 1. The van der Waals surface area contributed by atoms with Crippen LogP contribution in [0.25, 0.3) is 0 Å². The molecular weight excluding hydrogens is 262 g/mol. The minimum absolute atomic E-state index is 0.116. The third-order valence-corrected chi connectivity index (χ3v) is 6.22. The maximum atomic E-state index is 11.6. The third kappa shape index (κ3) is 3.28. The summed E-state index contributed by atoms with van der Waals surface area (Å²) in [5, 5.41) is 13.4. The zero-order valence-electron chi connectivity index (χ0n) is 13.6. The van der Waals surface area contributed by atoms with Crippen LogP contribution >= 0.6 is 0 Å². The largest absolute Gasteiger partial charge is 0.481 e. The van der Waals surface area contributed by atoms with Gasteiger partial charge in [-0.25, -0.2) is 0 Å². The molecule has 0 aliphatic heterocycles. The Hall–Kier alpha value is -0.570. The van der Waals surface area contributed by atoms with E-state index in [0.717, 1.165) is 24.7 Å². The molecule has 0 aromatic carbocycles. The van der Waals surface area contributed by atoms with Gasteiger partial charge in [0.2, 0.25) is 0 Å². The third-order valence-electron chi connectivity index (χ3n) is 6.22. The van der Waals surface area contributed by atoms with Gasteiger partial charge in [-0.2, -0.15) is 0 Å². The van der Waals surface area contributed by atoms with Crippen molar-refractivity contribution < 1.29 is 9.90 Å². The van der Waals surface area contributed by atoms with Crippen LogP contribution < -0.4 is 5.32 Å². The van der Waals surface area contributed by atoms with Gasteiger partial charge in [-0.1, -0.05) is 26.7 Å². The van der Waals surface area contributed by atoms with Crippen molar-refractivity contribution in [3.63, 3.8) is 0 Å². The lowest BCUT2D eigenvalue weighted by Crippen LogP contribution is -2.49. The average molecular weight is 293 g/mol. The Morgan fingerprint density at radius 2 is 1.90 bits per heavy atom. The quantitative estimate of drug-likeness (QED) is 0.813. The molecule has 3 fully saturated rings. The van der Waals surface area contributed by atoms with Gasteiger partial charge in [0.1, 0.15) is 0 Å². The molecule has 3 aliphatic rings. The highest BCUT2D eigenvalue weighted by Crippen LogP contribution is 2.49. The fourth-order valence-electron chi connectivity index (χ4n) is 5.48. The number of carboxylic acid groups (broad SMARTS) is 1. The summed E-state index contributed by atoms with van der Waals surface area (Å²) in [4.78, 5) is 11.6. The minimum Gasteiger partial charge on any atom is -0.481 e. The molecule has 0 spiro atoms. The molecule has 2 N–H and O–H groups in total. The maximum Gasteiger partial charge on any atom is 0.308 e. The van der Waals surface area contributed by atoms with Crippen molar-refractivity contribution in [2.24, 2.45) is 29.6 Å². The van der Waals surface area contributed by atoms with Crippen LogP contribution in [0.3, 0.4) is 0 Å². The van der Waals surface area contributed by atoms with Gasteiger partial charge in [0.15, 0.2) is 0 Å². The SMILES string of the molecule is CC(C)CC1CCCC(NC2C3CCC(C3)C2C(=O)O)C1. The molecule has 3 saturated carbocycles. The van der Waals surface area contributed by atoms with Crippen LogP contribution in [0.15, 0.2) is 0 Å². The highest BCUT2D eigenvalue weighted by atomic mass is 16.4. The number of hydrogen-bond acceptors (Lipinski definition) is 2. The summed E-state index contributed by atoms with van der Waals surface area (Å²) in [7, 11) is 0. The van der Waals surface area contributed by atoms with Crippen LogP contribution in [0.2, 0.25) is 0 Å². The number of rotatable bonds is 5. The summed E-state index contributed by atoms with van der Waals surface area (Å²) >= 11 is 0. The monoisotopic (exact) mass is 293 g/mol. The van der Waals surface area contributed by atoms with E-state index < -0.39 is 5.97 Å². The zero-order valence-corrected chi connectivity index (χ0v) is 13.6. The highest BCUT2D eigenvalue weighted by molar-refractivity contribution is 5.72. The second-order valence-electron chi connectivity index (χ2n) is 8.25. The van der Waals surface area contributed by atoms with Gasteiger partial charge < -0.3 is 10.4 Å². The van der Waals surface area contributed by atoms with Gasteiger partial charge in [-0.15, -0.1) is 0 Å². The average Bonchev–Trinajstić information content (AvgIpc) is 2.98. The van der Waals surface area contributed by atoms with Crippen molar-refractivity contribution in [2.45, 2.75) is 77.3 Å². The van der Waals surface area contributed by atoms with Gasteiger partial charge >= 0.3 is 5.97 Å². The molecule has 21 heavy (non-hydrogen) atoms. The molecule has 0 aromatic rings. The molecule has 3 rings (SSSR count). The Labute approximate surface area is 128 Å². The second-order valence-corrected chi connectivity index (χ2v) is 8.25. The molecule has 120 valence electrons. The van der Waals surface area contributed by atoms with Crippen molar-refractivity contribution in [2.75, 3.05) is 0 Å². The summed E-state index contributed by atoms with van der Waals surface area (Å²) in [6.45, 7) is 4.63. The zero-order chi connectivity index (χ0) is 15.0. The summed E-state index contributed by atoms with van der Waals surface area (Å²) in [6, 6.07) is 0.817. The first-order valence-electron chi connectivity index (χ1n) is 9.03. The smallest absolute Gasteiger partial charge is 0.308 e. The maximum absolute atomic E-state index is 11.6. The van der Waals surface area contributed by atoms with Crippen molar-refractivity contribution >= 4 is 5.97 Å². The lowest BCUT2D eigenvalue weighted by Gasteiger charge is -2.37. The minimum atomic E-state index is -0.561. The first-order chi connectivity index (χ1) is 10.0. The number of carbonyl (C=O) groups is 1. The Morgan fingerprint density at radius 1 is 1.14 bits per heavy atom. The van der Waals surface area contributed by atoms with Gasteiger partial charge in [-0.05, 0) is 62.2 Å². The lowest BCUT2D eigenvalue weighted by atomic mass is 9.79. The molecule has 6 unspecified atom stereocenters. The second kappa shape index (κ2) is 6.28. The van der Waals surface area contributed by atoms with Crippen LogP contribution in [0, 0.1) is 29.6 Å². The highest BCUT2D eigenvalue weighted by Gasteiger charge is 2.51. The van der Waals surface area contributed by atoms with Gasteiger partial charge in [-0.3, -0.25) is 4.79 Å². The van der Waals surface area contributed by atoms with E-state index in [4.69, 9.17) is 0 Å². The van der Waals surface area contributed by atoms with Crippen LogP contribution in [0.5, 0.6) is 0 Å². The van der Waals surface area contributed by atoms with Crippen molar-refractivity contribution in [1.82, 2.24) is 5.32 Å². The Balaban J connectivity index is 1.59. The molecule has 3 aliphatic carbocycles. The van der Waals surface area contributed by atoms with E-state index >= 15 is 0 Å². The number of aliphatic carboxylic acids is 1. The lowest BCUT2D eigenvalue weighted by molar-refractivity contribution is -0.144. The first-order valence-corrected chi connectivity index (χ1v) is 9.03. The predicted molar refractivity (Wildman–Crippen MR) is 84.1 cm³/mol. The van der Waals surface area contributed by atoms with E-state index in [1.165, 1.54) is 38.5 Å². The number of fused-ring (bicyclic) bond motifs is 2. The van der Waals surface area contributed by atoms with Gasteiger partial charge in [0.05, 0.1) is 5.92 Å². The van der Waals surface area contributed by atoms with Crippen molar-refractivity contribution in [1.29, 1.82) is 0 Å². The summed E-state index contributed by atoms with van der Waals surface area (Å²) in [5.41, 5.74) is 0. The fraction of sp³-hybridized carbons (Fsp3) is 0.944. The standard InChI is InChI=1S/C18H31NO2/c1-11(2)8-12-4-3-5-15(9-12)19-17-14-7-6-13(10-14)16(17)18(20)21/h11-17,19H,3-10H2,1-2H3,(H,20,21).